The third-order valence-electron chi connectivity index (χ3n) is 4.00. The van der Waals surface area contributed by atoms with Crippen molar-refractivity contribution in [3.05, 3.63) is 30.6 Å². The summed E-state index contributed by atoms with van der Waals surface area (Å²) in [4.78, 5) is 18.4. The van der Waals surface area contributed by atoms with Crippen LogP contribution in [0.2, 0.25) is 0 Å². The highest BCUT2D eigenvalue weighted by Gasteiger charge is 2.27. The summed E-state index contributed by atoms with van der Waals surface area (Å²) in [5, 5.41) is 9.27. The number of hydrogen-bond donors (Lipinski definition) is 1. The molecule has 5 heteroatoms. The Morgan fingerprint density at radius 2 is 2.25 bits per heavy atom. The standard InChI is InChI=1S/C15H19N3O2/c19-10-12-4-3-8-18(12)15(20)7-9-17-11-16-13-5-1-2-6-14(13)17/h1-2,5-6,11-12,19H,3-4,7-10H2/t12-/m1/s1. The van der Waals surface area contributed by atoms with Crippen molar-refractivity contribution < 1.29 is 9.90 Å². The number of aliphatic hydroxyl groups excluding tert-OH is 1. The molecule has 1 aromatic carbocycles. The summed E-state index contributed by atoms with van der Waals surface area (Å²) in [6, 6.07) is 7.93. The van der Waals surface area contributed by atoms with E-state index in [9.17, 15) is 9.90 Å². The molecule has 1 saturated heterocycles. The first-order chi connectivity index (χ1) is 9.79. The molecule has 3 rings (SSSR count). The lowest BCUT2D eigenvalue weighted by atomic mass is 10.2. The summed E-state index contributed by atoms with van der Waals surface area (Å²) >= 11 is 0. The molecule has 0 unspecified atom stereocenters. The van der Waals surface area contributed by atoms with Gasteiger partial charge < -0.3 is 14.6 Å². The average Bonchev–Trinajstić information content (AvgIpc) is 3.11. The van der Waals surface area contributed by atoms with Crippen molar-refractivity contribution in [2.24, 2.45) is 0 Å². The number of hydrogen-bond acceptors (Lipinski definition) is 3. The average molecular weight is 273 g/mol. The summed E-state index contributed by atoms with van der Waals surface area (Å²) in [7, 11) is 0. The molecular weight excluding hydrogens is 254 g/mol. The van der Waals surface area contributed by atoms with Gasteiger partial charge in [0.25, 0.3) is 0 Å². The molecule has 5 nitrogen and oxygen atoms in total. The minimum Gasteiger partial charge on any atom is -0.394 e. The van der Waals surface area contributed by atoms with E-state index in [2.05, 4.69) is 4.98 Å². The van der Waals surface area contributed by atoms with E-state index in [1.54, 1.807) is 6.33 Å². The minimum absolute atomic E-state index is 0.0158. The third-order valence-corrected chi connectivity index (χ3v) is 4.00. The van der Waals surface area contributed by atoms with Crippen LogP contribution in [0.15, 0.2) is 30.6 Å². The van der Waals surface area contributed by atoms with E-state index >= 15 is 0 Å². The molecule has 1 aromatic heterocycles. The van der Waals surface area contributed by atoms with Crippen molar-refractivity contribution in [2.75, 3.05) is 13.2 Å². The van der Waals surface area contributed by atoms with Crippen molar-refractivity contribution in [3.8, 4) is 0 Å². The van der Waals surface area contributed by atoms with E-state index in [4.69, 9.17) is 0 Å². The second-order valence-electron chi connectivity index (χ2n) is 5.24. The number of carbonyl (C=O) groups excluding carboxylic acids is 1. The molecule has 1 N–H and O–H groups in total. The number of amides is 1. The summed E-state index contributed by atoms with van der Waals surface area (Å²) in [6.45, 7) is 1.47. The number of carbonyl (C=O) groups is 1. The molecule has 1 amide bonds. The normalized spacial score (nSPS) is 18.9. The first-order valence-corrected chi connectivity index (χ1v) is 7.10. The zero-order chi connectivity index (χ0) is 13.9. The zero-order valence-corrected chi connectivity index (χ0v) is 11.4. The van der Waals surface area contributed by atoms with Crippen LogP contribution in [0.4, 0.5) is 0 Å². The maximum atomic E-state index is 12.2. The molecule has 2 heterocycles. The van der Waals surface area contributed by atoms with Crippen LogP contribution in [-0.2, 0) is 11.3 Å². The van der Waals surface area contributed by atoms with E-state index in [0.717, 1.165) is 30.4 Å². The second-order valence-corrected chi connectivity index (χ2v) is 5.24. The van der Waals surface area contributed by atoms with Crippen LogP contribution in [-0.4, -0.2) is 44.7 Å². The fourth-order valence-electron chi connectivity index (χ4n) is 2.90. The summed E-state index contributed by atoms with van der Waals surface area (Å²) in [5.41, 5.74) is 2.01. The Kier molecular flexibility index (Phi) is 3.69. The maximum absolute atomic E-state index is 12.2. The Balaban J connectivity index is 1.66. The molecule has 20 heavy (non-hydrogen) atoms. The van der Waals surface area contributed by atoms with E-state index in [1.807, 2.05) is 33.7 Å². The number of para-hydroxylation sites is 2. The minimum atomic E-state index is 0.0158. The third kappa shape index (κ3) is 2.41. The molecule has 0 spiro atoms. The number of likely N-dealkylation sites (tertiary alicyclic amines) is 1. The van der Waals surface area contributed by atoms with Gasteiger partial charge in [-0.2, -0.15) is 0 Å². The molecule has 0 radical (unpaired) electrons. The van der Waals surface area contributed by atoms with Gasteiger partial charge in [0, 0.05) is 19.5 Å². The van der Waals surface area contributed by atoms with Gasteiger partial charge in [0.05, 0.1) is 30.0 Å². The lowest BCUT2D eigenvalue weighted by Crippen LogP contribution is -2.37. The van der Waals surface area contributed by atoms with E-state index in [-0.39, 0.29) is 18.6 Å². The number of nitrogens with zero attached hydrogens (tertiary/aromatic N) is 3. The Hall–Kier alpha value is -1.88. The molecular formula is C15H19N3O2. The summed E-state index contributed by atoms with van der Waals surface area (Å²) < 4.78 is 2.01. The fraction of sp³-hybridized carbons (Fsp3) is 0.467. The topological polar surface area (TPSA) is 58.4 Å². The quantitative estimate of drug-likeness (QED) is 0.916. The van der Waals surface area contributed by atoms with Crippen molar-refractivity contribution >= 4 is 16.9 Å². The molecule has 1 aliphatic heterocycles. The number of fused-ring (bicyclic) bond motifs is 1. The van der Waals surface area contributed by atoms with E-state index in [0.29, 0.717) is 13.0 Å². The predicted octanol–water partition coefficient (Wildman–Crippen LogP) is 1.41. The number of rotatable bonds is 4. The highest BCUT2D eigenvalue weighted by atomic mass is 16.3. The van der Waals surface area contributed by atoms with Gasteiger partial charge in [-0.25, -0.2) is 4.98 Å². The predicted molar refractivity (Wildman–Crippen MR) is 76.2 cm³/mol. The zero-order valence-electron chi connectivity index (χ0n) is 11.4. The number of aryl methyl sites for hydroxylation is 1. The van der Waals surface area contributed by atoms with Gasteiger partial charge in [-0.1, -0.05) is 12.1 Å². The van der Waals surface area contributed by atoms with Gasteiger partial charge in [-0.3, -0.25) is 4.79 Å². The van der Waals surface area contributed by atoms with E-state index in [1.165, 1.54) is 0 Å². The smallest absolute Gasteiger partial charge is 0.224 e. The lowest BCUT2D eigenvalue weighted by Gasteiger charge is -2.23. The Bertz CT molecular complexity index is 608. The number of aliphatic hydroxyl groups is 1. The number of aromatic nitrogens is 2. The van der Waals surface area contributed by atoms with Crippen molar-refractivity contribution in [1.29, 1.82) is 0 Å². The fourth-order valence-corrected chi connectivity index (χ4v) is 2.90. The van der Waals surface area contributed by atoms with Gasteiger partial charge in [0.1, 0.15) is 0 Å². The molecule has 1 atom stereocenters. The Labute approximate surface area is 117 Å². The van der Waals surface area contributed by atoms with Crippen molar-refractivity contribution in [2.45, 2.75) is 31.8 Å². The van der Waals surface area contributed by atoms with Crippen LogP contribution in [0.5, 0.6) is 0 Å². The van der Waals surface area contributed by atoms with Crippen molar-refractivity contribution in [1.82, 2.24) is 14.5 Å². The monoisotopic (exact) mass is 273 g/mol. The molecule has 1 aliphatic rings. The van der Waals surface area contributed by atoms with Crippen LogP contribution in [0.25, 0.3) is 11.0 Å². The van der Waals surface area contributed by atoms with Crippen molar-refractivity contribution in [3.63, 3.8) is 0 Å². The first-order valence-electron chi connectivity index (χ1n) is 7.10. The lowest BCUT2D eigenvalue weighted by molar-refractivity contribution is -0.132. The second kappa shape index (κ2) is 5.63. The molecule has 1 fully saturated rings. The highest BCUT2D eigenvalue weighted by Crippen LogP contribution is 2.18. The molecule has 106 valence electrons. The Morgan fingerprint density at radius 1 is 1.40 bits per heavy atom. The van der Waals surface area contributed by atoms with E-state index < -0.39 is 0 Å². The maximum Gasteiger partial charge on any atom is 0.224 e. The number of imidazole rings is 1. The van der Waals surface area contributed by atoms with Crippen LogP contribution in [0, 0.1) is 0 Å². The van der Waals surface area contributed by atoms with Gasteiger partial charge >= 0.3 is 0 Å². The van der Waals surface area contributed by atoms with Crippen LogP contribution in [0.1, 0.15) is 19.3 Å². The molecule has 0 saturated carbocycles. The van der Waals surface area contributed by atoms with Gasteiger partial charge in [0.15, 0.2) is 0 Å². The van der Waals surface area contributed by atoms with Crippen LogP contribution >= 0.6 is 0 Å². The summed E-state index contributed by atoms with van der Waals surface area (Å²) in [6.07, 6.45) is 4.14. The molecule has 2 aromatic rings. The summed E-state index contributed by atoms with van der Waals surface area (Å²) in [5.74, 6) is 0.124. The van der Waals surface area contributed by atoms with Crippen LogP contribution in [0.3, 0.4) is 0 Å². The molecule has 0 bridgehead atoms. The SMILES string of the molecule is O=C(CCn1cnc2ccccc21)N1CCC[C@@H]1CO. The van der Waals surface area contributed by atoms with Gasteiger partial charge in [-0.05, 0) is 25.0 Å². The first kappa shape index (κ1) is 13.1. The van der Waals surface area contributed by atoms with Crippen LogP contribution < -0.4 is 0 Å². The number of benzene rings is 1. The van der Waals surface area contributed by atoms with Gasteiger partial charge in [0.2, 0.25) is 5.91 Å². The van der Waals surface area contributed by atoms with Gasteiger partial charge in [-0.15, -0.1) is 0 Å². The highest BCUT2D eigenvalue weighted by molar-refractivity contribution is 5.78. The molecule has 0 aliphatic carbocycles. The Morgan fingerprint density at radius 3 is 3.10 bits per heavy atom. The largest absolute Gasteiger partial charge is 0.394 e.